The first-order chi connectivity index (χ1) is 5.93. The van der Waals surface area contributed by atoms with Crippen LogP contribution in [-0.2, 0) is 9.53 Å². The van der Waals surface area contributed by atoms with E-state index in [-0.39, 0.29) is 17.4 Å². The standard InChI is InChI=1S/C9H18ClNO2/c1-7(5-10)8(12)11-9(2,3)6-13-4/h7H,5-6H2,1-4H3,(H,11,12). The molecule has 1 atom stereocenters. The molecule has 4 heteroatoms. The van der Waals surface area contributed by atoms with Gasteiger partial charge in [-0.25, -0.2) is 0 Å². The minimum atomic E-state index is -0.327. The molecule has 78 valence electrons. The van der Waals surface area contributed by atoms with Gasteiger partial charge in [-0.15, -0.1) is 11.6 Å². The number of carbonyl (C=O) groups excluding carboxylic acids is 1. The van der Waals surface area contributed by atoms with E-state index in [2.05, 4.69) is 5.32 Å². The molecule has 0 radical (unpaired) electrons. The van der Waals surface area contributed by atoms with Crippen LogP contribution in [0.25, 0.3) is 0 Å². The van der Waals surface area contributed by atoms with E-state index in [1.165, 1.54) is 0 Å². The maximum Gasteiger partial charge on any atom is 0.224 e. The third-order valence-corrected chi connectivity index (χ3v) is 2.11. The molecule has 0 aliphatic carbocycles. The van der Waals surface area contributed by atoms with E-state index >= 15 is 0 Å². The molecule has 0 saturated carbocycles. The Balaban J connectivity index is 4.03. The van der Waals surface area contributed by atoms with Crippen molar-refractivity contribution in [3.63, 3.8) is 0 Å². The highest BCUT2D eigenvalue weighted by Gasteiger charge is 2.22. The highest BCUT2D eigenvalue weighted by Crippen LogP contribution is 2.05. The quantitative estimate of drug-likeness (QED) is 0.693. The number of amides is 1. The van der Waals surface area contributed by atoms with Gasteiger partial charge < -0.3 is 10.1 Å². The second kappa shape index (κ2) is 5.45. The van der Waals surface area contributed by atoms with E-state index < -0.39 is 0 Å². The van der Waals surface area contributed by atoms with E-state index in [1.807, 2.05) is 13.8 Å². The summed E-state index contributed by atoms with van der Waals surface area (Å²) in [6.45, 7) is 6.11. The second-order valence-corrected chi connectivity index (χ2v) is 4.17. The average molecular weight is 208 g/mol. The first-order valence-electron chi connectivity index (χ1n) is 4.30. The number of halogens is 1. The van der Waals surface area contributed by atoms with Crippen molar-refractivity contribution in [3.8, 4) is 0 Å². The van der Waals surface area contributed by atoms with Gasteiger partial charge in [-0.1, -0.05) is 6.92 Å². The number of hydrogen-bond acceptors (Lipinski definition) is 2. The number of hydrogen-bond donors (Lipinski definition) is 1. The van der Waals surface area contributed by atoms with Crippen molar-refractivity contribution >= 4 is 17.5 Å². The van der Waals surface area contributed by atoms with Gasteiger partial charge >= 0.3 is 0 Å². The fourth-order valence-electron chi connectivity index (χ4n) is 0.924. The highest BCUT2D eigenvalue weighted by atomic mass is 35.5. The van der Waals surface area contributed by atoms with Crippen molar-refractivity contribution in [1.82, 2.24) is 5.32 Å². The van der Waals surface area contributed by atoms with Crippen molar-refractivity contribution in [1.29, 1.82) is 0 Å². The fourth-order valence-corrected chi connectivity index (χ4v) is 1.06. The van der Waals surface area contributed by atoms with Gasteiger partial charge in [0.25, 0.3) is 0 Å². The second-order valence-electron chi connectivity index (χ2n) is 3.86. The molecule has 1 N–H and O–H groups in total. The Morgan fingerprint density at radius 3 is 2.54 bits per heavy atom. The lowest BCUT2D eigenvalue weighted by atomic mass is 10.1. The number of methoxy groups -OCH3 is 1. The van der Waals surface area contributed by atoms with E-state index in [1.54, 1.807) is 14.0 Å². The van der Waals surface area contributed by atoms with E-state index in [4.69, 9.17) is 16.3 Å². The molecule has 1 amide bonds. The molecular formula is C9H18ClNO2. The summed E-state index contributed by atoms with van der Waals surface area (Å²) >= 11 is 5.56. The topological polar surface area (TPSA) is 38.3 Å². The molecule has 0 bridgehead atoms. The normalized spacial score (nSPS) is 13.9. The summed E-state index contributed by atoms with van der Waals surface area (Å²) in [5.41, 5.74) is -0.327. The van der Waals surface area contributed by atoms with Gasteiger partial charge in [-0.05, 0) is 13.8 Å². The maximum absolute atomic E-state index is 11.4. The minimum absolute atomic E-state index is 0.0305. The van der Waals surface area contributed by atoms with Gasteiger partial charge in [0.15, 0.2) is 0 Å². The van der Waals surface area contributed by atoms with Crippen LogP contribution in [0.4, 0.5) is 0 Å². The maximum atomic E-state index is 11.4. The third-order valence-electron chi connectivity index (χ3n) is 1.65. The first kappa shape index (κ1) is 12.7. The molecule has 1 unspecified atom stereocenters. The highest BCUT2D eigenvalue weighted by molar-refractivity contribution is 6.19. The molecule has 0 aromatic heterocycles. The Morgan fingerprint density at radius 2 is 2.15 bits per heavy atom. The summed E-state index contributed by atoms with van der Waals surface area (Å²) in [5.74, 6) is 0.157. The average Bonchev–Trinajstić information content (AvgIpc) is 2.01. The van der Waals surface area contributed by atoms with Crippen molar-refractivity contribution in [2.24, 2.45) is 5.92 Å². The summed E-state index contributed by atoms with van der Waals surface area (Å²) in [5, 5.41) is 2.86. The molecule has 0 aliphatic rings. The lowest BCUT2D eigenvalue weighted by Crippen LogP contribution is -2.48. The Bertz CT molecular complexity index is 171. The van der Waals surface area contributed by atoms with Gasteiger partial charge in [0.05, 0.1) is 12.1 Å². The first-order valence-corrected chi connectivity index (χ1v) is 4.83. The zero-order chi connectivity index (χ0) is 10.5. The summed E-state index contributed by atoms with van der Waals surface area (Å²) in [7, 11) is 1.61. The number of rotatable bonds is 5. The zero-order valence-electron chi connectivity index (χ0n) is 8.69. The smallest absolute Gasteiger partial charge is 0.224 e. The van der Waals surface area contributed by atoms with Gasteiger partial charge in [-0.3, -0.25) is 4.79 Å². The van der Waals surface area contributed by atoms with Crippen LogP contribution in [0.2, 0.25) is 0 Å². The molecule has 3 nitrogen and oxygen atoms in total. The summed E-state index contributed by atoms with van der Waals surface area (Å²) in [6, 6.07) is 0. The Kier molecular flexibility index (Phi) is 5.33. The molecule has 13 heavy (non-hydrogen) atoms. The molecule has 0 rings (SSSR count). The van der Waals surface area contributed by atoms with Crippen LogP contribution in [0.3, 0.4) is 0 Å². The van der Waals surface area contributed by atoms with E-state index in [0.29, 0.717) is 12.5 Å². The molecule has 0 fully saturated rings. The lowest BCUT2D eigenvalue weighted by molar-refractivity contribution is -0.126. The molecule has 0 aromatic rings. The van der Waals surface area contributed by atoms with Crippen LogP contribution in [0, 0.1) is 5.92 Å². The zero-order valence-corrected chi connectivity index (χ0v) is 9.44. The summed E-state index contributed by atoms with van der Waals surface area (Å²) < 4.78 is 4.97. The Labute approximate surface area is 84.8 Å². The van der Waals surface area contributed by atoms with Crippen LogP contribution < -0.4 is 5.32 Å². The number of ether oxygens (including phenoxy) is 1. The number of nitrogens with one attached hydrogen (secondary N) is 1. The van der Waals surface area contributed by atoms with Gasteiger partial charge in [-0.2, -0.15) is 0 Å². The number of alkyl halides is 1. The van der Waals surface area contributed by atoms with Crippen LogP contribution in [0.1, 0.15) is 20.8 Å². The Morgan fingerprint density at radius 1 is 1.62 bits per heavy atom. The van der Waals surface area contributed by atoms with Crippen molar-refractivity contribution in [2.45, 2.75) is 26.3 Å². The van der Waals surface area contributed by atoms with Crippen LogP contribution in [-0.4, -0.2) is 31.0 Å². The van der Waals surface area contributed by atoms with Gasteiger partial charge in [0.1, 0.15) is 0 Å². The van der Waals surface area contributed by atoms with Gasteiger partial charge in [0.2, 0.25) is 5.91 Å². The molecule has 0 spiro atoms. The van der Waals surface area contributed by atoms with Crippen molar-refractivity contribution in [2.75, 3.05) is 19.6 Å². The van der Waals surface area contributed by atoms with Crippen LogP contribution in [0.15, 0.2) is 0 Å². The monoisotopic (exact) mass is 207 g/mol. The van der Waals surface area contributed by atoms with E-state index in [0.717, 1.165) is 0 Å². The van der Waals surface area contributed by atoms with Gasteiger partial charge in [0, 0.05) is 18.9 Å². The summed E-state index contributed by atoms with van der Waals surface area (Å²) in [4.78, 5) is 11.4. The molecule has 0 aliphatic heterocycles. The predicted octanol–water partition coefficient (Wildman–Crippen LogP) is 1.40. The van der Waals surface area contributed by atoms with Crippen molar-refractivity contribution < 1.29 is 9.53 Å². The Hall–Kier alpha value is -0.280. The SMILES string of the molecule is COCC(C)(C)NC(=O)C(C)CCl. The third kappa shape index (κ3) is 5.11. The molecule has 0 heterocycles. The van der Waals surface area contributed by atoms with E-state index in [9.17, 15) is 4.79 Å². The van der Waals surface area contributed by atoms with Crippen LogP contribution in [0.5, 0.6) is 0 Å². The lowest BCUT2D eigenvalue weighted by Gasteiger charge is -2.26. The number of carbonyl (C=O) groups is 1. The largest absolute Gasteiger partial charge is 0.382 e. The molecular weight excluding hydrogens is 190 g/mol. The molecule has 0 aromatic carbocycles. The summed E-state index contributed by atoms with van der Waals surface area (Å²) in [6.07, 6.45) is 0. The van der Waals surface area contributed by atoms with Crippen LogP contribution >= 0.6 is 11.6 Å². The molecule has 0 saturated heterocycles. The van der Waals surface area contributed by atoms with Crippen molar-refractivity contribution in [3.05, 3.63) is 0 Å². The minimum Gasteiger partial charge on any atom is -0.382 e. The predicted molar refractivity (Wildman–Crippen MR) is 54.0 cm³/mol. The fraction of sp³-hybridized carbons (Fsp3) is 0.889.